The molecule has 0 radical (unpaired) electrons. The number of pyridine rings is 1. The fraction of sp³-hybridized carbons (Fsp3) is 0.458. The molecule has 0 saturated carbocycles. The van der Waals surface area contributed by atoms with Crippen LogP contribution in [0.2, 0.25) is 0 Å². The lowest BCUT2D eigenvalue weighted by atomic mass is 10.2. The Labute approximate surface area is 196 Å². The predicted molar refractivity (Wildman–Crippen MR) is 129 cm³/mol. The average molecular weight is 472 g/mol. The minimum absolute atomic E-state index is 0.0759. The van der Waals surface area contributed by atoms with Crippen LogP contribution in [0.5, 0.6) is 0 Å². The second kappa shape index (κ2) is 10.9. The molecule has 2 aromatic heterocycles. The Kier molecular flexibility index (Phi) is 8.20. The Bertz CT molecular complexity index is 1190. The molecule has 0 aliphatic rings. The highest BCUT2D eigenvalue weighted by atomic mass is 32.2. The molecule has 1 amide bonds. The molecule has 33 heavy (non-hydrogen) atoms. The van der Waals surface area contributed by atoms with Crippen molar-refractivity contribution in [2.45, 2.75) is 64.4 Å². The summed E-state index contributed by atoms with van der Waals surface area (Å²) in [6, 6.07) is 10.6. The summed E-state index contributed by atoms with van der Waals surface area (Å²) in [6.45, 7) is 9.22. The molecule has 0 bridgehead atoms. The van der Waals surface area contributed by atoms with Crippen LogP contribution in [0, 0.1) is 0 Å². The highest BCUT2D eigenvalue weighted by Crippen LogP contribution is 2.24. The maximum atomic E-state index is 12.9. The molecule has 9 heteroatoms. The van der Waals surface area contributed by atoms with Gasteiger partial charge in [-0.2, -0.15) is 4.31 Å². The summed E-state index contributed by atoms with van der Waals surface area (Å²) < 4.78 is 29.4. The Balaban J connectivity index is 1.80. The third-order valence-electron chi connectivity index (χ3n) is 5.67. The molecule has 0 spiro atoms. The Hall–Kier alpha value is -2.78. The van der Waals surface area contributed by atoms with Crippen molar-refractivity contribution in [1.29, 1.82) is 0 Å². The zero-order chi connectivity index (χ0) is 24.0. The summed E-state index contributed by atoms with van der Waals surface area (Å²) in [5, 5.41) is 2.98. The number of hydrogen-bond acceptors (Lipinski definition) is 5. The van der Waals surface area contributed by atoms with Crippen molar-refractivity contribution in [2.24, 2.45) is 0 Å². The quantitative estimate of drug-likeness (QED) is 0.460. The molecule has 1 atom stereocenters. The minimum Gasteiger partial charge on any atom is -0.348 e. The molecule has 0 fully saturated rings. The lowest BCUT2D eigenvalue weighted by Gasteiger charge is -2.18. The van der Waals surface area contributed by atoms with E-state index < -0.39 is 10.0 Å². The van der Waals surface area contributed by atoms with Crippen LogP contribution in [0.15, 0.2) is 47.5 Å². The fourth-order valence-electron chi connectivity index (χ4n) is 3.94. The van der Waals surface area contributed by atoms with Crippen molar-refractivity contribution in [3.05, 3.63) is 54.1 Å². The van der Waals surface area contributed by atoms with Crippen LogP contribution < -0.4 is 5.32 Å². The Morgan fingerprint density at radius 1 is 1.15 bits per heavy atom. The molecule has 0 saturated heterocycles. The number of fused-ring (bicyclic) bond motifs is 1. The highest BCUT2D eigenvalue weighted by Gasteiger charge is 2.23. The summed E-state index contributed by atoms with van der Waals surface area (Å²) in [7, 11) is -3.56. The van der Waals surface area contributed by atoms with Gasteiger partial charge in [0.1, 0.15) is 5.82 Å². The zero-order valence-electron chi connectivity index (χ0n) is 19.8. The standard InChI is InChI=1S/C24H33N5O3S/c1-5-16-29-22-12-11-19(33(31,32)28(6-2)7-3)17-21(22)27-23(29)13-14-24(30)26-18(4)20-10-8-9-15-25-20/h8-12,15,17-18H,5-7,13-14,16H2,1-4H3,(H,26,30). The largest absolute Gasteiger partial charge is 0.348 e. The number of carbonyl (C=O) groups excluding carboxylic acids is 1. The molecule has 3 rings (SSSR count). The zero-order valence-corrected chi connectivity index (χ0v) is 20.6. The van der Waals surface area contributed by atoms with E-state index in [9.17, 15) is 13.2 Å². The lowest BCUT2D eigenvalue weighted by Crippen LogP contribution is -2.30. The number of carbonyl (C=O) groups is 1. The molecule has 3 aromatic rings. The smallest absolute Gasteiger partial charge is 0.243 e. The van der Waals surface area contributed by atoms with Crippen molar-refractivity contribution >= 4 is 27.0 Å². The fourth-order valence-corrected chi connectivity index (χ4v) is 5.42. The van der Waals surface area contributed by atoms with Gasteiger partial charge in [0.15, 0.2) is 0 Å². The molecule has 0 aliphatic carbocycles. The average Bonchev–Trinajstić information content (AvgIpc) is 3.16. The molecule has 1 aromatic carbocycles. The van der Waals surface area contributed by atoms with Crippen molar-refractivity contribution in [2.75, 3.05) is 13.1 Å². The van der Waals surface area contributed by atoms with Gasteiger partial charge in [0, 0.05) is 38.7 Å². The molecular weight excluding hydrogens is 438 g/mol. The maximum absolute atomic E-state index is 12.9. The van der Waals surface area contributed by atoms with Crippen LogP contribution in [0.3, 0.4) is 0 Å². The number of nitrogens with zero attached hydrogens (tertiary/aromatic N) is 4. The van der Waals surface area contributed by atoms with Crippen LogP contribution in [0.4, 0.5) is 0 Å². The van der Waals surface area contributed by atoms with E-state index in [1.165, 1.54) is 4.31 Å². The maximum Gasteiger partial charge on any atom is 0.243 e. The summed E-state index contributed by atoms with van der Waals surface area (Å²) in [5.74, 6) is 0.706. The van der Waals surface area contributed by atoms with E-state index in [4.69, 9.17) is 4.98 Å². The van der Waals surface area contributed by atoms with E-state index in [1.54, 1.807) is 18.3 Å². The number of aromatic nitrogens is 3. The summed E-state index contributed by atoms with van der Waals surface area (Å²) in [6.07, 6.45) is 3.36. The van der Waals surface area contributed by atoms with E-state index in [0.717, 1.165) is 30.0 Å². The summed E-state index contributed by atoms with van der Waals surface area (Å²) >= 11 is 0. The van der Waals surface area contributed by atoms with Crippen molar-refractivity contribution < 1.29 is 13.2 Å². The third-order valence-corrected chi connectivity index (χ3v) is 7.72. The molecule has 1 unspecified atom stereocenters. The normalized spacial score (nSPS) is 12.9. The number of hydrogen-bond donors (Lipinski definition) is 1. The first-order valence-electron chi connectivity index (χ1n) is 11.5. The van der Waals surface area contributed by atoms with Gasteiger partial charge in [0.2, 0.25) is 15.9 Å². The van der Waals surface area contributed by atoms with Crippen molar-refractivity contribution in [3.8, 4) is 0 Å². The number of sulfonamides is 1. The summed E-state index contributed by atoms with van der Waals surface area (Å²) in [4.78, 5) is 21.8. The van der Waals surface area contributed by atoms with Gasteiger partial charge in [-0.05, 0) is 43.7 Å². The first-order chi connectivity index (χ1) is 15.8. The molecule has 1 N–H and O–H groups in total. The summed E-state index contributed by atoms with van der Waals surface area (Å²) in [5.41, 5.74) is 2.33. The Morgan fingerprint density at radius 2 is 1.91 bits per heavy atom. The first kappa shape index (κ1) is 24.9. The first-order valence-corrected chi connectivity index (χ1v) is 12.9. The van der Waals surface area contributed by atoms with Gasteiger partial charge in [-0.3, -0.25) is 9.78 Å². The molecule has 8 nitrogen and oxygen atoms in total. The lowest BCUT2D eigenvalue weighted by molar-refractivity contribution is -0.121. The molecule has 2 heterocycles. The molecule has 178 valence electrons. The second-order valence-corrected chi connectivity index (χ2v) is 9.90. The van der Waals surface area contributed by atoms with Gasteiger partial charge in [-0.25, -0.2) is 13.4 Å². The van der Waals surface area contributed by atoms with Gasteiger partial charge >= 0.3 is 0 Å². The molecular formula is C24H33N5O3S. The number of rotatable bonds is 11. The van der Waals surface area contributed by atoms with E-state index >= 15 is 0 Å². The number of imidazole rings is 1. The number of aryl methyl sites for hydroxylation is 2. The van der Waals surface area contributed by atoms with Crippen LogP contribution in [0.25, 0.3) is 11.0 Å². The second-order valence-electron chi connectivity index (χ2n) is 7.96. The number of benzene rings is 1. The van der Waals surface area contributed by atoms with Crippen LogP contribution >= 0.6 is 0 Å². The van der Waals surface area contributed by atoms with Gasteiger partial charge in [0.25, 0.3) is 0 Å². The van der Waals surface area contributed by atoms with Gasteiger partial charge < -0.3 is 9.88 Å². The SMILES string of the molecule is CCCn1c(CCC(=O)NC(C)c2ccccn2)nc2cc(S(=O)(=O)N(CC)CC)ccc21. The van der Waals surface area contributed by atoms with Crippen LogP contribution in [0.1, 0.15) is 58.1 Å². The predicted octanol–water partition coefficient (Wildman–Crippen LogP) is 3.68. The monoisotopic (exact) mass is 471 g/mol. The Morgan fingerprint density at radius 3 is 2.55 bits per heavy atom. The third kappa shape index (κ3) is 5.59. The number of nitrogens with one attached hydrogen (secondary N) is 1. The molecule has 0 aliphatic heterocycles. The topological polar surface area (TPSA) is 97.2 Å². The van der Waals surface area contributed by atoms with Crippen molar-refractivity contribution in [3.63, 3.8) is 0 Å². The van der Waals surface area contributed by atoms with Gasteiger partial charge in [0.05, 0.1) is 27.7 Å². The van der Waals surface area contributed by atoms with Gasteiger partial charge in [-0.1, -0.05) is 26.8 Å². The van der Waals surface area contributed by atoms with Crippen molar-refractivity contribution in [1.82, 2.24) is 24.2 Å². The number of amides is 1. The van der Waals surface area contributed by atoms with Gasteiger partial charge in [-0.15, -0.1) is 0 Å². The van der Waals surface area contributed by atoms with E-state index in [2.05, 4.69) is 21.8 Å². The van der Waals surface area contributed by atoms with E-state index in [1.807, 2.05) is 45.0 Å². The van der Waals surface area contributed by atoms with Crippen LogP contribution in [-0.4, -0.2) is 46.3 Å². The van der Waals surface area contributed by atoms with Crippen LogP contribution in [-0.2, 0) is 27.8 Å². The highest BCUT2D eigenvalue weighted by molar-refractivity contribution is 7.89. The van der Waals surface area contributed by atoms with E-state index in [0.29, 0.717) is 25.0 Å². The minimum atomic E-state index is -3.56. The van der Waals surface area contributed by atoms with E-state index in [-0.39, 0.29) is 23.3 Å².